The van der Waals surface area contributed by atoms with E-state index in [2.05, 4.69) is 26.6 Å². The van der Waals surface area contributed by atoms with E-state index in [1.54, 1.807) is 30.3 Å². The SMILES string of the molecule is O=C(N[C@H](Nc1ccc(Br)cc1)C(Cl)(Cl)Cl)c1cccc(Cl)c1. The van der Waals surface area contributed by atoms with Crippen molar-refractivity contribution in [3.05, 3.63) is 63.6 Å². The van der Waals surface area contributed by atoms with Gasteiger partial charge in [-0.15, -0.1) is 0 Å². The summed E-state index contributed by atoms with van der Waals surface area (Å²) in [4.78, 5) is 12.3. The van der Waals surface area contributed by atoms with Crippen LogP contribution in [0.5, 0.6) is 0 Å². The first-order chi connectivity index (χ1) is 10.8. The predicted molar refractivity (Wildman–Crippen MR) is 101 cm³/mol. The highest BCUT2D eigenvalue weighted by Crippen LogP contribution is 2.31. The fourth-order valence-electron chi connectivity index (χ4n) is 1.76. The molecule has 23 heavy (non-hydrogen) atoms. The van der Waals surface area contributed by atoms with Gasteiger partial charge in [0.15, 0.2) is 0 Å². The maximum Gasteiger partial charge on any atom is 0.253 e. The molecule has 0 heterocycles. The Labute approximate surface area is 162 Å². The first-order valence-corrected chi connectivity index (χ1v) is 8.71. The smallest absolute Gasteiger partial charge is 0.253 e. The Bertz CT molecular complexity index is 689. The summed E-state index contributed by atoms with van der Waals surface area (Å²) in [6, 6.07) is 13.7. The molecule has 0 aliphatic rings. The van der Waals surface area contributed by atoms with Crippen LogP contribution in [0.1, 0.15) is 10.4 Å². The fraction of sp³-hybridized carbons (Fsp3) is 0.133. The van der Waals surface area contributed by atoms with E-state index in [-0.39, 0.29) is 0 Å². The third kappa shape index (κ3) is 5.73. The zero-order valence-corrected chi connectivity index (χ0v) is 16.1. The van der Waals surface area contributed by atoms with Crippen LogP contribution >= 0.6 is 62.3 Å². The molecule has 2 aromatic carbocycles. The van der Waals surface area contributed by atoms with E-state index in [1.807, 2.05) is 12.1 Å². The molecule has 122 valence electrons. The zero-order chi connectivity index (χ0) is 17.0. The average Bonchev–Trinajstić information content (AvgIpc) is 2.47. The molecule has 0 radical (unpaired) electrons. The molecule has 2 N–H and O–H groups in total. The lowest BCUT2D eigenvalue weighted by Gasteiger charge is -2.27. The van der Waals surface area contributed by atoms with Crippen LogP contribution in [0.4, 0.5) is 5.69 Å². The van der Waals surface area contributed by atoms with Crippen LogP contribution in [0.25, 0.3) is 0 Å². The lowest BCUT2D eigenvalue weighted by Crippen LogP contribution is -2.49. The van der Waals surface area contributed by atoms with E-state index < -0.39 is 15.9 Å². The average molecular weight is 457 g/mol. The highest BCUT2D eigenvalue weighted by atomic mass is 79.9. The number of hydrogen-bond donors (Lipinski definition) is 2. The lowest BCUT2D eigenvalue weighted by molar-refractivity contribution is 0.0942. The first kappa shape index (κ1) is 18.7. The van der Waals surface area contributed by atoms with Crippen LogP contribution in [0.3, 0.4) is 0 Å². The van der Waals surface area contributed by atoms with Gasteiger partial charge < -0.3 is 10.6 Å². The number of nitrogens with one attached hydrogen (secondary N) is 2. The summed E-state index contributed by atoms with van der Waals surface area (Å²) in [6.45, 7) is 0. The Morgan fingerprint density at radius 3 is 2.30 bits per heavy atom. The van der Waals surface area contributed by atoms with Crippen molar-refractivity contribution in [1.29, 1.82) is 0 Å². The summed E-state index contributed by atoms with van der Waals surface area (Å²) in [5.74, 6) is -0.409. The van der Waals surface area contributed by atoms with Gasteiger partial charge in [-0.25, -0.2) is 0 Å². The number of carbonyl (C=O) groups excluding carboxylic acids is 1. The van der Waals surface area contributed by atoms with Gasteiger partial charge in [-0.3, -0.25) is 4.79 Å². The first-order valence-electron chi connectivity index (χ1n) is 6.41. The third-order valence-electron chi connectivity index (χ3n) is 2.84. The molecule has 0 bridgehead atoms. The molecule has 0 saturated carbocycles. The summed E-state index contributed by atoms with van der Waals surface area (Å²) < 4.78 is -0.835. The van der Waals surface area contributed by atoms with E-state index in [0.29, 0.717) is 16.3 Å². The molecule has 2 aromatic rings. The Hall–Kier alpha value is -0.650. The van der Waals surface area contributed by atoms with Gasteiger partial charge in [-0.05, 0) is 42.5 Å². The normalized spacial score (nSPS) is 12.6. The monoisotopic (exact) mass is 454 g/mol. The highest BCUT2D eigenvalue weighted by molar-refractivity contribution is 9.10. The standard InChI is InChI=1S/C15H11BrCl4N2O/c16-10-4-6-12(7-5-10)21-14(15(18,19)20)22-13(23)9-2-1-3-11(17)8-9/h1-8,14,21H,(H,22,23)/t14-/m0/s1. The van der Waals surface area contributed by atoms with Gasteiger partial charge >= 0.3 is 0 Å². The minimum Gasteiger partial charge on any atom is -0.362 e. The summed E-state index contributed by atoms with van der Waals surface area (Å²) in [5, 5.41) is 6.08. The van der Waals surface area contributed by atoms with Gasteiger partial charge in [0, 0.05) is 20.7 Å². The predicted octanol–water partition coefficient (Wildman–Crippen LogP) is 5.64. The van der Waals surface area contributed by atoms with Crippen molar-refractivity contribution in [3.63, 3.8) is 0 Å². The molecule has 0 spiro atoms. The molecular formula is C15H11BrCl4N2O. The highest BCUT2D eigenvalue weighted by Gasteiger charge is 2.34. The van der Waals surface area contributed by atoms with E-state index in [4.69, 9.17) is 46.4 Å². The van der Waals surface area contributed by atoms with Crippen molar-refractivity contribution in [1.82, 2.24) is 5.32 Å². The molecule has 0 aromatic heterocycles. The largest absolute Gasteiger partial charge is 0.362 e. The van der Waals surface area contributed by atoms with Gasteiger partial charge in [0.1, 0.15) is 6.17 Å². The Kier molecular flexibility index (Phi) is 6.46. The van der Waals surface area contributed by atoms with E-state index in [0.717, 1.165) is 4.47 Å². The van der Waals surface area contributed by atoms with E-state index >= 15 is 0 Å². The maximum atomic E-state index is 12.3. The second-order valence-corrected chi connectivity index (χ2v) is 8.33. The Morgan fingerprint density at radius 2 is 1.74 bits per heavy atom. The van der Waals surface area contributed by atoms with Crippen LogP contribution in [-0.2, 0) is 0 Å². The summed E-state index contributed by atoms with van der Waals surface area (Å²) in [7, 11) is 0. The molecule has 0 saturated heterocycles. The Balaban J connectivity index is 2.16. The van der Waals surface area contributed by atoms with Crippen molar-refractivity contribution in [2.75, 3.05) is 5.32 Å². The van der Waals surface area contributed by atoms with Crippen LogP contribution in [0, 0.1) is 0 Å². The number of alkyl halides is 3. The third-order valence-corrected chi connectivity index (χ3v) is 4.26. The number of carbonyl (C=O) groups is 1. The van der Waals surface area contributed by atoms with E-state index in [1.165, 1.54) is 6.07 Å². The molecule has 0 unspecified atom stereocenters. The maximum absolute atomic E-state index is 12.3. The number of halogens is 5. The van der Waals surface area contributed by atoms with Gasteiger partial charge in [0.2, 0.25) is 3.79 Å². The molecule has 2 rings (SSSR count). The van der Waals surface area contributed by atoms with Gasteiger partial charge in [-0.1, -0.05) is 68.4 Å². The zero-order valence-electron chi connectivity index (χ0n) is 11.5. The van der Waals surface area contributed by atoms with Gasteiger partial charge in [-0.2, -0.15) is 0 Å². The topological polar surface area (TPSA) is 41.1 Å². The Morgan fingerprint density at radius 1 is 1.09 bits per heavy atom. The molecule has 1 atom stereocenters. The van der Waals surface area contributed by atoms with Gasteiger partial charge in [0.05, 0.1) is 0 Å². The van der Waals surface area contributed by atoms with Crippen molar-refractivity contribution in [3.8, 4) is 0 Å². The van der Waals surface area contributed by atoms with Crippen LogP contribution in [0.15, 0.2) is 53.0 Å². The minimum atomic E-state index is -1.75. The molecule has 0 aliphatic heterocycles. The number of benzene rings is 2. The van der Waals surface area contributed by atoms with Crippen molar-refractivity contribution >= 4 is 73.9 Å². The summed E-state index contributed by atoms with van der Waals surface area (Å²) in [5.41, 5.74) is 1.06. The lowest BCUT2D eigenvalue weighted by atomic mass is 10.2. The molecular weight excluding hydrogens is 446 g/mol. The van der Waals surface area contributed by atoms with Crippen molar-refractivity contribution in [2.45, 2.75) is 9.96 Å². The molecule has 0 aliphatic carbocycles. The number of rotatable bonds is 4. The number of anilines is 1. The molecule has 8 heteroatoms. The van der Waals surface area contributed by atoms with Crippen molar-refractivity contribution < 1.29 is 4.79 Å². The molecule has 0 fully saturated rings. The van der Waals surface area contributed by atoms with Crippen LogP contribution in [0.2, 0.25) is 5.02 Å². The van der Waals surface area contributed by atoms with E-state index in [9.17, 15) is 4.79 Å². The fourth-order valence-corrected chi connectivity index (χ4v) is 2.54. The number of amides is 1. The minimum absolute atomic E-state index is 0.370. The quantitative estimate of drug-likeness (QED) is 0.461. The van der Waals surface area contributed by atoms with Crippen molar-refractivity contribution in [2.24, 2.45) is 0 Å². The van der Waals surface area contributed by atoms with Crippen LogP contribution in [-0.4, -0.2) is 15.9 Å². The molecule has 3 nitrogen and oxygen atoms in total. The van der Waals surface area contributed by atoms with Gasteiger partial charge in [0.25, 0.3) is 5.91 Å². The second kappa shape index (κ2) is 7.95. The number of hydrogen-bond acceptors (Lipinski definition) is 2. The summed E-state index contributed by atoms with van der Waals surface area (Å²) in [6.07, 6.45) is -0.930. The van der Waals surface area contributed by atoms with Crippen LogP contribution < -0.4 is 10.6 Å². The molecule has 1 amide bonds. The summed E-state index contributed by atoms with van der Waals surface area (Å²) >= 11 is 27.1. The second-order valence-electron chi connectivity index (χ2n) is 4.61.